The smallest absolute Gasteiger partial charge is 0.261 e. The van der Waals surface area contributed by atoms with E-state index in [0.717, 1.165) is 23.7 Å². The third kappa shape index (κ3) is 2.79. The number of benzene rings is 1. The van der Waals surface area contributed by atoms with Crippen molar-refractivity contribution < 1.29 is 9.53 Å². The summed E-state index contributed by atoms with van der Waals surface area (Å²) >= 11 is 0. The lowest BCUT2D eigenvalue weighted by Crippen LogP contribution is -2.25. The minimum atomic E-state index is -0.273. The Hall–Kier alpha value is -3.42. The summed E-state index contributed by atoms with van der Waals surface area (Å²) in [6, 6.07) is 5.55. The molecule has 5 rings (SSSR count). The lowest BCUT2D eigenvalue weighted by Gasteiger charge is -2.27. The van der Waals surface area contributed by atoms with Crippen molar-refractivity contribution >= 4 is 28.1 Å². The van der Waals surface area contributed by atoms with Crippen molar-refractivity contribution in [1.29, 1.82) is 0 Å². The van der Waals surface area contributed by atoms with Crippen LogP contribution >= 0.6 is 0 Å². The molecule has 8 nitrogen and oxygen atoms in total. The number of hydrogen-bond donors (Lipinski definition) is 1. The van der Waals surface area contributed by atoms with Gasteiger partial charge in [-0.3, -0.25) is 9.48 Å². The average molecular weight is 362 g/mol. The van der Waals surface area contributed by atoms with Gasteiger partial charge in [0.05, 0.1) is 23.5 Å². The standard InChI is InChI=1S/C19H18N6O2/c1-24-11-12-8-16(17(9-15(12)23-24)27-13-4-2-5-13)22-19(26)14-10-21-25-7-3-6-20-18(14)25/h3,6-11,13H,2,4-5H2,1H3,(H,22,26). The third-order valence-electron chi connectivity index (χ3n) is 4.84. The van der Waals surface area contributed by atoms with Crippen molar-refractivity contribution in [2.75, 3.05) is 5.32 Å². The Labute approximate surface area is 154 Å². The summed E-state index contributed by atoms with van der Waals surface area (Å²) < 4.78 is 9.43. The van der Waals surface area contributed by atoms with Gasteiger partial charge in [-0.2, -0.15) is 10.2 Å². The first-order valence-electron chi connectivity index (χ1n) is 8.91. The number of carbonyl (C=O) groups is 1. The SMILES string of the molecule is Cn1cc2cc(NC(=O)c3cnn4cccnc34)c(OC3CCC3)cc2n1. The van der Waals surface area contributed by atoms with Crippen LogP contribution in [-0.2, 0) is 7.05 Å². The Morgan fingerprint density at radius 1 is 1.33 bits per heavy atom. The molecule has 1 fully saturated rings. The van der Waals surface area contributed by atoms with Crippen LogP contribution in [0.25, 0.3) is 16.6 Å². The first-order valence-corrected chi connectivity index (χ1v) is 8.91. The van der Waals surface area contributed by atoms with E-state index in [9.17, 15) is 4.79 Å². The number of hydrogen-bond acceptors (Lipinski definition) is 5. The molecule has 1 saturated carbocycles. The van der Waals surface area contributed by atoms with E-state index < -0.39 is 0 Å². The summed E-state index contributed by atoms with van der Waals surface area (Å²) in [6.45, 7) is 0. The molecule has 8 heteroatoms. The summed E-state index contributed by atoms with van der Waals surface area (Å²) in [5.74, 6) is 0.370. The molecular formula is C19H18N6O2. The Morgan fingerprint density at radius 3 is 3.04 bits per heavy atom. The third-order valence-corrected chi connectivity index (χ3v) is 4.84. The molecule has 1 amide bonds. The lowest BCUT2D eigenvalue weighted by molar-refractivity contribution is 0.102. The van der Waals surface area contributed by atoms with Gasteiger partial charge in [-0.1, -0.05) is 0 Å². The van der Waals surface area contributed by atoms with Gasteiger partial charge in [0.15, 0.2) is 5.65 Å². The number of aryl methyl sites for hydroxylation is 1. The zero-order valence-electron chi connectivity index (χ0n) is 14.8. The quantitative estimate of drug-likeness (QED) is 0.603. The van der Waals surface area contributed by atoms with E-state index in [1.807, 2.05) is 25.4 Å². The van der Waals surface area contributed by atoms with Crippen LogP contribution in [0.5, 0.6) is 5.75 Å². The molecule has 136 valence electrons. The highest BCUT2D eigenvalue weighted by Gasteiger charge is 2.22. The molecule has 1 aromatic carbocycles. The Morgan fingerprint density at radius 2 is 2.22 bits per heavy atom. The largest absolute Gasteiger partial charge is 0.488 e. The Balaban J connectivity index is 1.52. The molecule has 1 aliphatic carbocycles. The number of nitrogens with one attached hydrogen (secondary N) is 1. The monoisotopic (exact) mass is 362 g/mol. The summed E-state index contributed by atoms with van der Waals surface area (Å²) in [6.07, 6.45) is 10.3. The van der Waals surface area contributed by atoms with Gasteiger partial charge in [0, 0.05) is 37.1 Å². The fourth-order valence-corrected chi connectivity index (χ4v) is 3.22. The van der Waals surface area contributed by atoms with Crippen LogP contribution in [0.2, 0.25) is 0 Å². The molecule has 1 aliphatic rings. The number of amides is 1. The summed E-state index contributed by atoms with van der Waals surface area (Å²) in [5.41, 5.74) is 2.39. The highest BCUT2D eigenvalue weighted by Crippen LogP contribution is 2.34. The van der Waals surface area contributed by atoms with Crippen molar-refractivity contribution in [3.8, 4) is 5.75 Å². The van der Waals surface area contributed by atoms with Gasteiger partial charge in [0.2, 0.25) is 0 Å². The number of fused-ring (bicyclic) bond motifs is 2. The molecule has 0 spiro atoms. The summed E-state index contributed by atoms with van der Waals surface area (Å²) in [7, 11) is 1.87. The number of carbonyl (C=O) groups excluding carboxylic acids is 1. The van der Waals surface area contributed by atoms with Crippen molar-refractivity contribution in [1.82, 2.24) is 24.4 Å². The normalized spacial score (nSPS) is 14.4. The van der Waals surface area contributed by atoms with Crippen molar-refractivity contribution in [2.45, 2.75) is 25.4 Å². The van der Waals surface area contributed by atoms with E-state index in [2.05, 4.69) is 20.5 Å². The second kappa shape index (κ2) is 6.08. The maximum atomic E-state index is 12.9. The average Bonchev–Trinajstić information content (AvgIpc) is 3.20. The molecule has 1 N–H and O–H groups in total. The molecular weight excluding hydrogens is 344 g/mol. The Bertz CT molecular complexity index is 1160. The second-order valence-electron chi connectivity index (χ2n) is 6.78. The minimum Gasteiger partial charge on any atom is -0.488 e. The van der Waals surface area contributed by atoms with Crippen LogP contribution in [0.15, 0.2) is 43.0 Å². The van der Waals surface area contributed by atoms with E-state index in [-0.39, 0.29) is 12.0 Å². The number of rotatable bonds is 4. The molecule has 3 aromatic heterocycles. The molecule has 0 unspecified atom stereocenters. The molecule has 0 radical (unpaired) electrons. The van der Waals surface area contributed by atoms with Gasteiger partial charge in [-0.05, 0) is 31.4 Å². The number of ether oxygens (including phenoxy) is 1. The van der Waals surface area contributed by atoms with Gasteiger partial charge < -0.3 is 10.1 Å². The van der Waals surface area contributed by atoms with E-state index >= 15 is 0 Å². The molecule has 0 saturated heterocycles. The van der Waals surface area contributed by atoms with Gasteiger partial charge in [-0.25, -0.2) is 9.50 Å². The summed E-state index contributed by atoms with van der Waals surface area (Å²) in [4.78, 5) is 17.1. The predicted molar refractivity (Wildman–Crippen MR) is 99.9 cm³/mol. The predicted octanol–water partition coefficient (Wildman–Crippen LogP) is 2.80. The van der Waals surface area contributed by atoms with Gasteiger partial charge in [0.1, 0.15) is 11.3 Å². The van der Waals surface area contributed by atoms with E-state index in [1.165, 1.54) is 12.6 Å². The summed E-state index contributed by atoms with van der Waals surface area (Å²) in [5, 5.41) is 12.5. The first-order chi connectivity index (χ1) is 13.2. The van der Waals surface area contributed by atoms with Gasteiger partial charge in [0.25, 0.3) is 5.91 Å². The topological polar surface area (TPSA) is 86.3 Å². The zero-order valence-corrected chi connectivity index (χ0v) is 14.8. The van der Waals surface area contributed by atoms with E-state index in [0.29, 0.717) is 22.6 Å². The van der Waals surface area contributed by atoms with Crippen LogP contribution in [0.1, 0.15) is 29.6 Å². The minimum absolute atomic E-state index is 0.195. The lowest BCUT2D eigenvalue weighted by atomic mass is 9.96. The van der Waals surface area contributed by atoms with Crippen LogP contribution in [-0.4, -0.2) is 36.4 Å². The van der Waals surface area contributed by atoms with Crippen molar-refractivity contribution in [2.24, 2.45) is 7.05 Å². The number of nitrogens with zero attached hydrogens (tertiary/aromatic N) is 5. The van der Waals surface area contributed by atoms with Crippen LogP contribution < -0.4 is 10.1 Å². The van der Waals surface area contributed by atoms with E-state index in [4.69, 9.17) is 4.74 Å². The molecule has 0 atom stereocenters. The van der Waals surface area contributed by atoms with Crippen LogP contribution in [0.4, 0.5) is 5.69 Å². The highest BCUT2D eigenvalue weighted by molar-refractivity contribution is 6.09. The second-order valence-corrected chi connectivity index (χ2v) is 6.78. The first kappa shape index (κ1) is 15.8. The molecule has 27 heavy (non-hydrogen) atoms. The Kier molecular flexibility index (Phi) is 3.56. The molecule has 3 heterocycles. The van der Waals surface area contributed by atoms with Gasteiger partial charge >= 0.3 is 0 Å². The fraction of sp³-hybridized carbons (Fsp3) is 0.263. The molecule has 0 bridgehead atoms. The van der Waals surface area contributed by atoms with E-state index in [1.54, 1.807) is 27.7 Å². The van der Waals surface area contributed by atoms with Crippen LogP contribution in [0.3, 0.4) is 0 Å². The zero-order chi connectivity index (χ0) is 18.4. The molecule has 4 aromatic rings. The highest BCUT2D eigenvalue weighted by atomic mass is 16.5. The maximum absolute atomic E-state index is 12.9. The molecule has 0 aliphatic heterocycles. The number of anilines is 1. The van der Waals surface area contributed by atoms with Crippen molar-refractivity contribution in [3.05, 3.63) is 48.5 Å². The van der Waals surface area contributed by atoms with Gasteiger partial charge in [-0.15, -0.1) is 0 Å². The van der Waals surface area contributed by atoms with Crippen LogP contribution in [0, 0.1) is 0 Å². The van der Waals surface area contributed by atoms with Crippen molar-refractivity contribution in [3.63, 3.8) is 0 Å². The number of aromatic nitrogens is 5. The maximum Gasteiger partial charge on any atom is 0.261 e. The fourth-order valence-electron chi connectivity index (χ4n) is 3.22.